The lowest BCUT2D eigenvalue weighted by molar-refractivity contribution is 0.358. The van der Waals surface area contributed by atoms with E-state index in [1.165, 1.54) is 12.8 Å². The zero-order chi connectivity index (χ0) is 17.2. The number of aromatic nitrogens is 3. The summed E-state index contributed by atoms with van der Waals surface area (Å²) in [5, 5.41) is 4.42. The molecule has 0 amide bonds. The maximum absolute atomic E-state index is 12.5. The molecule has 1 saturated heterocycles. The second-order valence-electron chi connectivity index (χ2n) is 6.98. The Kier molecular flexibility index (Phi) is 4.94. The highest BCUT2D eigenvalue weighted by atomic mass is 32.2. The van der Waals surface area contributed by atoms with Crippen LogP contribution in [0.15, 0.2) is 23.1 Å². The molecular formula is C18H25N5OS. The Morgan fingerprint density at radius 2 is 1.92 bits per heavy atom. The molecule has 134 valence electrons. The van der Waals surface area contributed by atoms with E-state index < -0.39 is 0 Å². The summed E-state index contributed by atoms with van der Waals surface area (Å²) in [4.78, 5) is 21.7. The molecule has 2 fully saturated rings. The van der Waals surface area contributed by atoms with Gasteiger partial charge in [0, 0.05) is 42.8 Å². The molecule has 3 heterocycles. The predicted molar refractivity (Wildman–Crippen MR) is 103 cm³/mol. The molecule has 2 aromatic heterocycles. The first-order valence-electron chi connectivity index (χ1n) is 9.18. The van der Waals surface area contributed by atoms with Gasteiger partial charge in [-0.3, -0.25) is 13.7 Å². The van der Waals surface area contributed by atoms with Crippen molar-refractivity contribution in [2.45, 2.75) is 50.6 Å². The van der Waals surface area contributed by atoms with Crippen molar-refractivity contribution in [3.8, 4) is 0 Å². The van der Waals surface area contributed by atoms with Crippen LogP contribution in [0.5, 0.6) is 0 Å². The lowest BCUT2D eigenvalue weighted by Gasteiger charge is -2.30. The van der Waals surface area contributed by atoms with Crippen LogP contribution < -0.4 is 10.9 Å². The van der Waals surface area contributed by atoms with Crippen LogP contribution in [-0.2, 0) is 0 Å². The van der Waals surface area contributed by atoms with Gasteiger partial charge < -0.3 is 5.32 Å². The molecule has 0 aromatic carbocycles. The minimum Gasteiger partial charge on any atom is -0.351 e. The number of pyridine rings is 1. The summed E-state index contributed by atoms with van der Waals surface area (Å²) in [7, 11) is 0. The topological polar surface area (TPSA) is 63.1 Å². The first-order chi connectivity index (χ1) is 12.2. The van der Waals surface area contributed by atoms with Crippen molar-refractivity contribution >= 4 is 28.9 Å². The van der Waals surface area contributed by atoms with Crippen LogP contribution in [0.3, 0.4) is 0 Å². The Labute approximate surface area is 152 Å². The maximum atomic E-state index is 12.5. The van der Waals surface area contributed by atoms with E-state index in [4.69, 9.17) is 4.98 Å². The second-order valence-corrected chi connectivity index (χ2v) is 7.86. The van der Waals surface area contributed by atoms with Crippen molar-refractivity contribution in [3.05, 3.63) is 28.7 Å². The SMILES string of the molecule is CSN1CCC(Nc2ncc3ccc(=O)n(C4CCCC4)c3n2)CC1. The van der Waals surface area contributed by atoms with Crippen LogP contribution in [0.2, 0.25) is 0 Å². The largest absolute Gasteiger partial charge is 0.351 e. The minimum absolute atomic E-state index is 0.0531. The van der Waals surface area contributed by atoms with Crippen molar-refractivity contribution in [1.29, 1.82) is 0 Å². The van der Waals surface area contributed by atoms with Gasteiger partial charge in [0.1, 0.15) is 5.65 Å². The summed E-state index contributed by atoms with van der Waals surface area (Å²) < 4.78 is 4.28. The fourth-order valence-electron chi connectivity index (χ4n) is 3.99. The maximum Gasteiger partial charge on any atom is 0.252 e. The molecule has 7 heteroatoms. The third-order valence-corrected chi connectivity index (χ3v) is 6.28. The fourth-order valence-corrected chi connectivity index (χ4v) is 4.56. The average Bonchev–Trinajstić information content (AvgIpc) is 3.16. The molecule has 2 aromatic rings. The van der Waals surface area contributed by atoms with Crippen LogP contribution in [0.1, 0.15) is 44.6 Å². The lowest BCUT2D eigenvalue weighted by atomic mass is 10.1. The lowest BCUT2D eigenvalue weighted by Crippen LogP contribution is -2.35. The molecule has 0 spiro atoms. The third kappa shape index (κ3) is 3.53. The number of nitrogens with zero attached hydrogens (tertiary/aromatic N) is 4. The first kappa shape index (κ1) is 16.8. The Balaban J connectivity index is 1.61. The van der Waals surface area contributed by atoms with Gasteiger partial charge >= 0.3 is 0 Å². The number of nitrogens with one attached hydrogen (secondary N) is 1. The third-order valence-electron chi connectivity index (χ3n) is 5.40. The quantitative estimate of drug-likeness (QED) is 0.847. The van der Waals surface area contributed by atoms with Crippen molar-refractivity contribution in [1.82, 2.24) is 18.8 Å². The highest BCUT2D eigenvalue weighted by Gasteiger charge is 2.22. The van der Waals surface area contributed by atoms with Gasteiger partial charge in [-0.05, 0) is 38.0 Å². The van der Waals surface area contributed by atoms with Crippen molar-refractivity contribution in [2.24, 2.45) is 0 Å². The number of anilines is 1. The molecule has 0 atom stereocenters. The predicted octanol–water partition coefficient (Wildman–Crippen LogP) is 3.06. The van der Waals surface area contributed by atoms with E-state index >= 15 is 0 Å². The second kappa shape index (κ2) is 7.33. The summed E-state index contributed by atoms with van der Waals surface area (Å²) in [5.74, 6) is 0.646. The van der Waals surface area contributed by atoms with E-state index in [1.54, 1.807) is 6.07 Å². The van der Waals surface area contributed by atoms with Gasteiger partial charge in [-0.25, -0.2) is 4.98 Å². The molecule has 6 nitrogen and oxygen atoms in total. The average molecular weight is 359 g/mol. The van der Waals surface area contributed by atoms with Crippen LogP contribution in [0, 0.1) is 0 Å². The number of hydrogen-bond donors (Lipinski definition) is 1. The number of rotatable bonds is 4. The van der Waals surface area contributed by atoms with Crippen molar-refractivity contribution in [2.75, 3.05) is 24.7 Å². The van der Waals surface area contributed by atoms with Gasteiger partial charge in [-0.1, -0.05) is 24.8 Å². The zero-order valence-corrected chi connectivity index (χ0v) is 15.5. The summed E-state index contributed by atoms with van der Waals surface area (Å²) in [6.45, 7) is 2.17. The standard InChI is InChI=1S/C18H25N5OS/c1-25-22-10-8-14(9-11-22)20-18-19-12-13-6-7-16(24)23(17(13)21-18)15-4-2-3-5-15/h6-7,12,14-15H,2-5,8-11H2,1H3,(H,19,20,21). The van der Waals surface area contributed by atoms with E-state index in [-0.39, 0.29) is 11.6 Å². The molecule has 1 saturated carbocycles. The molecule has 0 bridgehead atoms. The highest BCUT2D eigenvalue weighted by Crippen LogP contribution is 2.30. The van der Waals surface area contributed by atoms with E-state index in [2.05, 4.69) is 20.9 Å². The Morgan fingerprint density at radius 3 is 2.64 bits per heavy atom. The number of fused-ring (bicyclic) bond motifs is 1. The van der Waals surface area contributed by atoms with E-state index in [0.717, 1.165) is 49.8 Å². The van der Waals surface area contributed by atoms with Gasteiger partial charge in [0.05, 0.1) is 0 Å². The Morgan fingerprint density at radius 1 is 1.16 bits per heavy atom. The van der Waals surface area contributed by atoms with Crippen LogP contribution in [0.4, 0.5) is 5.95 Å². The van der Waals surface area contributed by atoms with E-state index in [1.807, 2.05) is 28.8 Å². The molecule has 1 aliphatic carbocycles. The molecule has 0 radical (unpaired) electrons. The zero-order valence-electron chi connectivity index (χ0n) is 14.6. The highest BCUT2D eigenvalue weighted by molar-refractivity contribution is 7.96. The molecule has 1 aliphatic heterocycles. The monoisotopic (exact) mass is 359 g/mol. The number of hydrogen-bond acceptors (Lipinski definition) is 6. The fraction of sp³-hybridized carbons (Fsp3) is 0.611. The molecule has 2 aliphatic rings. The summed E-state index contributed by atoms with van der Waals surface area (Å²) in [6, 6.07) is 4.17. The van der Waals surface area contributed by atoms with Crippen LogP contribution in [0.25, 0.3) is 11.0 Å². The van der Waals surface area contributed by atoms with Gasteiger partial charge in [0.15, 0.2) is 0 Å². The molecule has 4 rings (SSSR count). The smallest absolute Gasteiger partial charge is 0.252 e. The van der Waals surface area contributed by atoms with E-state index in [0.29, 0.717) is 12.0 Å². The van der Waals surface area contributed by atoms with Gasteiger partial charge in [-0.15, -0.1) is 0 Å². The first-order valence-corrected chi connectivity index (χ1v) is 10.4. The van der Waals surface area contributed by atoms with E-state index in [9.17, 15) is 4.79 Å². The Hall–Kier alpha value is -1.60. The van der Waals surface area contributed by atoms with Crippen LogP contribution >= 0.6 is 11.9 Å². The summed E-state index contributed by atoms with van der Waals surface area (Å²) in [5.41, 5.74) is 0.829. The summed E-state index contributed by atoms with van der Waals surface area (Å²) >= 11 is 1.81. The minimum atomic E-state index is 0.0531. The van der Waals surface area contributed by atoms with Gasteiger partial charge in [0.25, 0.3) is 5.56 Å². The van der Waals surface area contributed by atoms with Gasteiger partial charge in [-0.2, -0.15) is 4.98 Å². The molecule has 25 heavy (non-hydrogen) atoms. The van der Waals surface area contributed by atoms with Gasteiger partial charge in [0.2, 0.25) is 5.95 Å². The van der Waals surface area contributed by atoms with Crippen molar-refractivity contribution < 1.29 is 0 Å². The molecular weight excluding hydrogens is 334 g/mol. The van der Waals surface area contributed by atoms with Crippen LogP contribution in [-0.4, -0.2) is 44.2 Å². The Bertz CT molecular complexity index is 794. The normalized spacial score (nSPS) is 20.4. The number of piperidine rings is 1. The molecule has 1 N–H and O–H groups in total. The molecule has 0 unspecified atom stereocenters. The summed E-state index contributed by atoms with van der Waals surface area (Å²) in [6.07, 6.45) is 10.7. The van der Waals surface area contributed by atoms with Crippen molar-refractivity contribution in [3.63, 3.8) is 0 Å².